The first-order valence-electron chi connectivity index (χ1n) is 21.7. The van der Waals surface area contributed by atoms with Gasteiger partial charge in [0.25, 0.3) is 5.91 Å². The largest absolute Gasteiger partial charge is 0.508 e. The number of hydrogen-bond acceptors (Lipinski definition) is 14. The normalized spacial score (nSPS) is 18.1. The summed E-state index contributed by atoms with van der Waals surface area (Å²) in [6.45, 7) is 12.4. The second-order valence-corrected chi connectivity index (χ2v) is 18.5. The van der Waals surface area contributed by atoms with E-state index in [9.17, 15) is 33.0 Å². The third-order valence-corrected chi connectivity index (χ3v) is 13.8. The number of hydrogen-bond donors (Lipinski definition) is 3. The number of nitrogen functional groups attached to an aromatic ring is 1. The summed E-state index contributed by atoms with van der Waals surface area (Å²) in [7, 11) is 0. The number of phenols is 2. The number of alkyl halides is 3. The molecule has 0 spiro atoms. The molecule has 3 fully saturated rings. The average molecular weight is 901 g/mol. The van der Waals surface area contributed by atoms with Crippen LogP contribution in [-0.4, -0.2) is 127 Å². The number of carbonyl (C=O) groups excluding carboxylic acids is 2. The molecule has 7 heterocycles. The minimum absolute atomic E-state index is 0.00768. The molecule has 4 aliphatic rings. The molecule has 64 heavy (non-hydrogen) atoms. The number of morpholine rings is 1. The fourth-order valence-corrected chi connectivity index (χ4v) is 10.4. The van der Waals surface area contributed by atoms with Gasteiger partial charge in [0.05, 0.1) is 34.6 Å². The number of thiophene rings is 1. The van der Waals surface area contributed by atoms with E-state index >= 15 is 0 Å². The maximum Gasteiger partial charge on any atom is 0.434 e. The van der Waals surface area contributed by atoms with Crippen LogP contribution in [0, 0.1) is 5.92 Å². The zero-order valence-electron chi connectivity index (χ0n) is 35.8. The number of aromatic nitrogens is 4. The lowest BCUT2D eigenvalue weighted by Gasteiger charge is -2.38. The molecular weight excluding hydrogens is 850 g/mol. The van der Waals surface area contributed by atoms with E-state index in [0.717, 1.165) is 78.0 Å². The molecule has 0 saturated carbocycles. The summed E-state index contributed by atoms with van der Waals surface area (Å²) >= 11 is 1.53. The van der Waals surface area contributed by atoms with Crippen molar-refractivity contribution in [3.05, 3.63) is 81.0 Å². The van der Waals surface area contributed by atoms with Gasteiger partial charge in [-0.2, -0.15) is 13.2 Å². The molecule has 0 atom stereocenters. The van der Waals surface area contributed by atoms with Crippen LogP contribution in [-0.2, 0) is 41.9 Å². The first-order chi connectivity index (χ1) is 30.7. The lowest BCUT2D eigenvalue weighted by Crippen LogP contribution is -2.51. The van der Waals surface area contributed by atoms with Gasteiger partial charge in [0, 0.05) is 88.5 Å². The number of nitrogens with two attached hydrogens (primary N) is 1. The number of piperidine rings is 1. The number of ether oxygens (including phenoxy) is 1. The van der Waals surface area contributed by atoms with Crippen molar-refractivity contribution in [3.63, 3.8) is 0 Å². The van der Waals surface area contributed by atoms with Gasteiger partial charge in [0.15, 0.2) is 17.3 Å². The third kappa shape index (κ3) is 9.03. The zero-order chi connectivity index (χ0) is 44.9. The Labute approximate surface area is 372 Å². The van der Waals surface area contributed by atoms with Crippen LogP contribution in [0.25, 0.3) is 21.6 Å². The molecule has 2 amide bonds. The third-order valence-electron chi connectivity index (χ3n) is 12.7. The molecule has 4 N–H and O–H groups in total. The average Bonchev–Trinajstić information content (AvgIpc) is 3.90. The lowest BCUT2D eigenvalue weighted by atomic mass is 9.95. The van der Waals surface area contributed by atoms with Crippen LogP contribution in [0.4, 0.5) is 24.9 Å². The van der Waals surface area contributed by atoms with Gasteiger partial charge in [-0.3, -0.25) is 19.4 Å². The van der Waals surface area contributed by atoms with Crippen LogP contribution < -0.4 is 10.6 Å². The van der Waals surface area contributed by atoms with Crippen molar-refractivity contribution < 1.29 is 37.7 Å². The number of amides is 2. The Hall–Kier alpha value is -5.63. The van der Waals surface area contributed by atoms with E-state index in [1.807, 2.05) is 29.7 Å². The number of piperazine rings is 1. The molecule has 5 aromatic rings. The van der Waals surface area contributed by atoms with Crippen molar-refractivity contribution in [1.29, 1.82) is 0 Å². The summed E-state index contributed by atoms with van der Waals surface area (Å²) in [5.74, 6) is -0.440. The summed E-state index contributed by atoms with van der Waals surface area (Å²) in [6.07, 6.45) is -2.27. The number of phenolic OH excluding ortho intramolecular Hbond substituents is 2. The Morgan fingerprint density at radius 1 is 0.859 bits per heavy atom. The molecule has 9 rings (SSSR count). The number of carbonyl (C=O) groups is 2. The molecule has 4 aliphatic heterocycles. The number of rotatable bonds is 9. The molecule has 3 saturated heterocycles. The number of benzene rings is 2. The molecule has 338 valence electrons. The van der Waals surface area contributed by atoms with Crippen molar-refractivity contribution >= 4 is 45.1 Å². The number of aromatic hydroxyl groups is 2. The van der Waals surface area contributed by atoms with E-state index in [2.05, 4.69) is 47.9 Å². The highest BCUT2D eigenvalue weighted by molar-refractivity contribution is 7.19. The summed E-state index contributed by atoms with van der Waals surface area (Å²) in [4.78, 5) is 55.3. The molecule has 3 aromatic heterocycles. The Morgan fingerprint density at radius 2 is 1.58 bits per heavy atom. The van der Waals surface area contributed by atoms with Gasteiger partial charge < -0.3 is 35.4 Å². The van der Waals surface area contributed by atoms with Crippen molar-refractivity contribution in [2.24, 2.45) is 5.92 Å². The smallest absolute Gasteiger partial charge is 0.434 e. The molecule has 15 nitrogen and oxygen atoms in total. The van der Waals surface area contributed by atoms with Gasteiger partial charge in [-0.25, -0.2) is 19.9 Å². The fourth-order valence-electron chi connectivity index (χ4n) is 9.22. The number of likely N-dealkylation sites (tertiary alicyclic amines) is 1. The summed E-state index contributed by atoms with van der Waals surface area (Å²) in [5.41, 5.74) is 8.67. The molecule has 0 aliphatic carbocycles. The minimum atomic E-state index is -4.78. The van der Waals surface area contributed by atoms with Gasteiger partial charge in [0.1, 0.15) is 11.5 Å². The summed E-state index contributed by atoms with van der Waals surface area (Å²) < 4.78 is 48.6. The lowest BCUT2D eigenvalue weighted by molar-refractivity contribution is -0.140. The highest BCUT2D eigenvalue weighted by atomic mass is 32.1. The van der Waals surface area contributed by atoms with Crippen LogP contribution in [0.3, 0.4) is 0 Å². The highest BCUT2D eigenvalue weighted by Crippen LogP contribution is 2.40. The number of fused-ring (bicyclic) bond motifs is 2. The predicted octanol–water partition coefficient (Wildman–Crippen LogP) is 5.83. The molecule has 0 unspecified atom stereocenters. The number of halogens is 3. The Kier molecular flexibility index (Phi) is 12.1. The monoisotopic (exact) mass is 900 g/mol. The van der Waals surface area contributed by atoms with E-state index in [-0.39, 0.29) is 52.1 Å². The van der Waals surface area contributed by atoms with Gasteiger partial charge in [-0.15, -0.1) is 11.3 Å². The van der Waals surface area contributed by atoms with Crippen molar-refractivity contribution in [2.75, 3.05) is 76.2 Å². The van der Waals surface area contributed by atoms with Gasteiger partial charge in [0.2, 0.25) is 11.9 Å². The van der Waals surface area contributed by atoms with E-state index in [1.54, 1.807) is 11.0 Å². The number of anilines is 2. The second-order valence-electron chi connectivity index (χ2n) is 17.4. The van der Waals surface area contributed by atoms with Crippen molar-refractivity contribution in [2.45, 2.75) is 65.0 Å². The Balaban J connectivity index is 0.785. The summed E-state index contributed by atoms with van der Waals surface area (Å²) in [6, 6.07) is 11.1. The van der Waals surface area contributed by atoms with Gasteiger partial charge in [-0.1, -0.05) is 32.0 Å². The van der Waals surface area contributed by atoms with E-state index < -0.39 is 17.8 Å². The maximum atomic E-state index is 14.1. The highest BCUT2D eigenvalue weighted by Gasteiger charge is 2.38. The molecule has 2 aromatic carbocycles. The predicted molar refractivity (Wildman–Crippen MR) is 235 cm³/mol. The topological polar surface area (TPSA) is 178 Å². The van der Waals surface area contributed by atoms with E-state index in [4.69, 9.17) is 10.5 Å². The van der Waals surface area contributed by atoms with Gasteiger partial charge >= 0.3 is 6.18 Å². The Morgan fingerprint density at radius 3 is 2.30 bits per heavy atom. The van der Waals surface area contributed by atoms with Crippen molar-refractivity contribution in [1.82, 2.24) is 39.5 Å². The number of nitrogens with zero attached hydrogens (tertiary/aromatic N) is 9. The maximum absolute atomic E-state index is 14.1. The van der Waals surface area contributed by atoms with E-state index in [0.29, 0.717) is 75.9 Å². The first kappa shape index (κ1) is 43.6. The quantitative estimate of drug-likeness (QED) is 0.161. The fraction of sp³-hybridized carbons (Fsp3) is 0.467. The summed E-state index contributed by atoms with van der Waals surface area (Å²) in [5, 5.41) is 20.8. The molecule has 19 heteroatoms. The molecular formula is C45H51F3N10O5S. The standard InChI is InChI=1S/C45H51F3N10O5S/c1-26(2)32-19-33(37(60)20-36(32)59)43(62)58-23-29-4-3-27(17-30(29)24-58)22-55-9-11-57(12-10-55)42(61)28-5-7-54(8-6-28)25-31-18-35-38(64-31)41(56-13-15-63-16-14-56)53-40(51-35)34-21-50-44(49)52-39(34)45(46,47)48/h3-4,17-21,26,28,59-60H,5-16,22-25H2,1-2H3,(H2,49,50,52). The van der Waals surface area contributed by atoms with Crippen LogP contribution in [0.5, 0.6) is 11.5 Å². The van der Waals surface area contributed by atoms with Crippen LogP contribution in [0.15, 0.2) is 42.6 Å². The van der Waals surface area contributed by atoms with E-state index in [1.165, 1.54) is 17.4 Å². The zero-order valence-corrected chi connectivity index (χ0v) is 36.6. The SMILES string of the molecule is CC(C)c1cc(C(=O)N2Cc3ccc(CN4CCN(C(=O)C5CCN(Cc6cc7nc(-c8cnc(N)nc8C(F)(F)F)nc(N8CCOCC8)c7s6)CC5)CC4)cc3C2)c(O)cc1O. The van der Waals surface area contributed by atoms with Crippen LogP contribution in [0.2, 0.25) is 0 Å². The van der Waals surface area contributed by atoms with Crippen LogP contribution in [0.1, 0.15) is 75.8 Å². The minimum Gasteiger partial charge on any atom is -0.508 e. The Bertz CT molecular complexity index is 2570. The molecule has 0 bridgehead atoms. The van der Waals surface area contributed by atoms with Gasteiger partial charge in [-0.05, 0) is 66.2 Å². The first-order valence-corrected chi connectivity index (χ1v) is 22.5. The van der Waals surface area contributed by atoms with Crippen molar-refractivity contribution in [3.8, 4) is 22.9 Å². The van der Waals surface area contributed by atoms with Crippen LogP contribution >= 0.6 is 11.3 Å². The second kappa shape index (κ2) is 17.7. The molecule has 0 radical (unpaired) electrons.